The first-order valence-electron chi connectivity index (χ1n) is 10.2. The summed E-state index contributed by atoms with van der Waals surface area (Å²) in [5.41, 5.74) is 0.580. The molecule has 0 saturated carbocycles. The molecule has 0 radical (unpaired) electrons. The van der Waals surface area contributed by atoms with Gasteiger partial charge in [0.25, 0.3) is 5.91 Å². The van der Waals surface area contributed by atoms with Crippen LogP contribution in [0.2, 0.25) is 0 Å². The molecule has 1 amide bonds. The molecule has 0 aliphatic heterocycles. The summed E-state index contributed by atoms with van der Waals surface area (Å²) < 4.78 is 53.7. The Labute approximate surface area is 184 Å². The van der Waals surface area contributed by atoms with Gasteiger partial charge in [-0.2, -0.15) is 4.31 Å². The summed E-state index contributed by atoms with van der Waals surface area (Å²) >= 11 is 0. The van der Waals surface area contributed by atoms with Gasteiger partial charge in [0.2, 0.25) is 20.0 Å². The second-order valence-electron chi connectivity index (χ2n) is 6.85. The minimum absolute atomic E-state index is 0.0110. The predicted octanol–water partition coefficient (Wildman–Crippen LogP) is 3.05. The molecule has 31 heavy (non-hydrogen) atoms. The lowest BCUT2D eigenvalue weighted by Crippen LogP contribution is -2.30. The van der Waals surface area contributed by atoms with Crippen molar-refractivity contribution in [2.45, 2.75) is 43.4 Å². The molecule has 0 atom stereocenters. The van der Waals surface area contributed by atoms with E-state index in [1.807, 2.05) is 6.92 Å². The summed E-state index contributed by atoms with van der Waals surface area (Å²) in [6.45, 7) is 6.56. The molecule has 2 rings (SSSR count). The first kappa shape index (κ1) is 25.0. The molecule has 0 fully saturated rings. The van der Waals surface area contributed by atoms with Crippen LogP contribution < -0.4 is 10.0 Å². The quantitative estimate of drug-likeness (QED) is 0.493. The highest BCUT2D eigenvalue weighted by atomic mass is 32.2. The van der Waals surface area contributed by atoms with Gasteiger partial charge >= 0.3 is 0 Å². The van der Waals surface area contributed by atoms with E-state index in [1.165, 1.54) is 52.8 Å². The molecule has 10 heteroatoms. The zero-order valence-electron chi connectivity index (χ0n) is 18.0. The Morgan fingerprint density at radius 2 is 1.55 bits per heavy atom. The third-order valence-electron chi connectivity index (χ3n) is 4.68. The van der Waals surface area contributed by atoms with Crippen LogP contribution in [-0.4, -0.2) is 46.7 Å². The van der Waals surface area contributed by atoms with Crippen molar-refractivity contribution >= 4 is 31.6 Å². The van der Waals surface area contributed by atoms with Crippen LogP contribution in [0, 0.1) is 0 Å². The lowest BCUT2D eigenvalue weighted by molar-refractivity contribution is 0.102. The Morgan fingerprint density at radius 3 is 2.13 bits per heavy atom. The van der Waals surface area contributed by atoms with Crippen molar-refractivity contribution in [3.05, 3.63) is 54.1 Å². The number of carbonyl (C=O) groups excluding carboxylic acids is 1. The smallest absolute Gasteiger partial charge is 0.255 e. The molecular weight excluding hydrogens is 438 g/mol. The molecule has 2 aromatic carbocycles. The van der Waals surface area contributed by atoms with E-state index >= 15 is 0 Å². The van der Waals surface area contributed by atoms with E-state index in [0.717, 1.165) is 12.8 Å². The van der Waals surface area contributed by atoms with Gasteiger partial charge in [0, 0.05) is 30.9 Å². The zero-order valence-corrected chi connectivity index (χ0v) is 19.6. The Balaban J connectivity index is 2.16. The van der Waals surface area contributed by atoms with E-state index in [1.54, 1.807) is 13.8 Å². The third-order valence-corrected chi connectivity index (χ3v) is 8.21. The number of benzene rings is 2. The second-order valence-corrected chi connectivity index (χ2v) is 10.6. The average molecular weight is 468 g/mol. The number of amides is 1. The fourth-order valence-electron chi connectivity index (χ4n) is 2.90. The molecule has 0 saturated heterocycles. The van der Waals surface area contributed by atoms with Gasteiger partial charge in [-0.3, -0.25) is 4.79 Å². The number of anilines is 1. The van der Waals surface area contributed by atoms with E-state index in [4.69, 9.17) is 0 Å². The maximum absolute atomic E-state index is 12.6. The van der Waals surface area contributed by atoms with E-state index in [2.05, 4.69) is 10.0 Å². The number of nitrogens with zero attached hydrogens (tertiary/aromatic N) is 1. The summed E-state index contributed by atoms with van der Waals surface area (Å²) in [5, 5.41) is 2.66. The average Bonchev–Trinajstić information content (AvgIpc) is 2.75. The van der Waals surface area contributed by atoms with Crippen LogP contribution in [0.3, 0.4) is 0 Å². The maximum atomic E-state index is 12.6. The van der Waals surface area contributed by atoms with Crippen molar-refractivity contribution in [1.82, 2.24) is 9.03 Å². The van der Waals surface area contributed by atoms with Gasteiger partial charge in [0.05, 0.1) is 9.79 Å². The molecule has 0 aromatic heterocycles. The minimum Gasteiger partial charge on any atom is -0.322 e. The Kier molecular flexibility index (Phi) is 8.75. The van der Waals surface area contributed by atoms with Gasteiger partial charge in [-0.05, 0) is 48.9 Å². The fourth-order valence-corrected chi connectivity index (χ4v) is 5.47. The van der Waals surface area contributed by atoms with Gasteiger partial charge < -0.3 is 5.32 Å². The molecule has 170 valence electrons. The third kappa shape index (κ3) is 6.36. The monoisotopic (exact) mass is 467 g/mol. The second kappa shape index (κ2) is 10.9. The summed E-state index contributed by atoms with van der Waals surface area (Å²) in [7, 11) is -7.28. The molecular formula is C21H29N3O5S2. The van der Waals surface area contributed by atoms with Crippen molar-refractivity contribution in [3.8, 4) is 0 Å². The van der Waals surface area contributed by atoms with Crippen molar-refractivity contribution in [3.63, 3.8) is 0 Å². The molecule has 0 unspecified atom stereocenters. The van der Waals surface area contributed by atoms with Crippen molar-refractivity contribution in [1.29, 1.82) is 0 Å². The summed E-state index contributed by atoms with van der Waals surface area (Å²) in [5.74, 6) is -0.495. The predicted molar refractivity (Wildman–Crippen MR) is 121 cm³/mol. The number of nitrogens with one attached hydrogen (secondary N) is 2. The van der Waals surface area contributed by atoms with Gasteiger partial charge in [-0.25, -0.2) is 21.6 Å². The van der Waals surface area contributed by atoms with Crippen molar-refractivity contribution in [2.24, 2.45) is 0 Å². The van der Waals surface area contributed by atoms with Crippen LogP contribution in [0.1, 0.15) is 44.0 Å². The lowest BCUT2D eigenvalue weighted by atomic mass is 10.2. The van der Waals surface area contributed by atoms with Crippen LogP contribution in [-0.2, 0) is 20.0 Å². The highest BCUT2D eigenvalue weighted by Crippen LogP contribution is 2.19. The van der Waals surface area contributed by atoms with Crippen LogP contribution in [0.25, 0.3) is 0 Å². The van der Waals surface area contributed by atoms with Gasteiger partial charge in [-0.1, -0.05) is 33.3 Å². The van der Waals surface area contributed by atoms with Crippen LogP contribution in [0.15, 0.2) is 58.3 Å². The molecule has 8 nitrogen and oxygen atoms in total. The molecule has 0 aliphatic carbocycles. The number of carbonyl (C=O) groups is 1. The number of unbranched alkanes of at least 4 members (excludes halogenated alkanes) is 1. The van der Waals surface area contributed by atoms with Crippen LogP contribution >= 0.6 is 0 Å². The van der Waals surface area contributed by atoms with E-state index < -0.39 is 26.0 Å². The van der Waals surface area contributed by atoms with Crippen LogP contribution in [0.5, 0.6) is 0 Å². The molecule has 2 aromatic rings. The molecule has 0 heterocycles. The summed E-state index contributed by atoms with van der Waals surface area (Å²) in [6, 6.07) is 11.6. The van der Waals surface area contributed by atoms with Gasteiger partial charge in [0.1, 0.15) is 0 Å². The molecule has 0 spiro atoms. The summed E-state index contributed by atoms with van der Waals surface area (Å²) in [6.07, 6.45) is 1.58. The van der Waals surface area contributed by atoms with Crippen molar-refractivity contribution < 1.29 is 21.6 Å². The Hall–Kier alpha value is -2.27. The van der Waals surface area contributed by atoms with E-state index in [0.29, 0.717) is 25.3 Å². The minimum atomic E-state index is -3.70. The number of sulfonamides is 2. The highest BCUT2D eigenvalue weighted by molar-refractivity contribution is 7.89. The number of hydrogen-bond acceptors (Lipinski definition) is 5. The molecule has 0 bridgehead atoms. The first-order valence-corrected chi connectivity index (χ1v) is 13.1. The van der Waals surface area contributed by atoms with Crippen LogP contribution in [0.4, 0.5) is 5.69 Å². The van der Waals surface area contributed by atoms with Crippen molar-refractivity contribution in [2.75, 3.05) is 25.0 Å². The van der Waals surface area contributed by atoms with E-state index in [9.17, 15) is 21.6 Å². The maximum Gasteiger partial charge on any atom is 0.255 e. The molecule has 2 N–H and O–H groups in total. The van der Waals surface area contributed by atoms with Gasteiger partial charge in [-0.15, -0.1) is 0 Å². The highest BCUT2D eigenvalue weighted by Gasteiger charge is 2.21. The number of hydrogen-bond donors (Lipinski definition) is 2. The van der Waals surface area contributed by atoms with E-state index in [-0.39, 0.29) is 15.4 Å². The Morgan fingerprint density at radius 1 is 0.903 bits per heavy atom. The topological polar surface area (TPSA) is 113 Å². The zero-order chi connectivity index (χ0) is 23.1. The lowest BCUT2D eigenvalue weighted by Gasteiger charge is -2.18. The normalized spacial score (nSPS) is 12.1. The number of rotatable bonds is 11. The fraction of sp³-hybridized carbons (Fsp3) is 0.381. The Bertz CT molecular complexity index is 1090. The standard InChI is InChI=1S/C21H29N3O5S2/c1-4-7-15-22-30(26,27)20-10-8-9-17(16-20)21(25)23-18-11-13-19(14-12-18)31(28,29)24(5-2)6-3/h8-14,16,22H,4-7,15H2,1-3H3,(H,23,25). The summed E-state index contributed by atoms with van der Waals surface area (Å²) in [4.78, 5) is 12.7. The SMILES string of the molecule is CCCCNS(=O)(=O)c1cccc(C(=O)Nc2ccc(S(=O)(=O)N(CC)CC)cc2)c1. The molecule has 0 aliphatic rings. The largest absolute Gasteiger partial charge is 0.322 e. The van der Waals surface area contributed by atoms with Gasteiger partial charge in [0.15, 0.2) is 0 Å². The first-order chi connectivity index (χ1) is 14.7.